The molecule has 96 valence electrons. The van der Waals surface area contributed by atoms with Crippen molar-refractivity contribution in [2.75, 3.05) is 12.4 Å². The van der Waals surface area contributed by atoms with Crippen LogP contribution in [0.1, 0.15) is 11.3 Å². The lowest BCUT2D eigenvalue weighted by Crippen LogP contribution is -1.87. The van der Waals surface area contributed by atoms with E-state index in [0.717, 1.165) is 17.0 Å². The van der Waals surface area contributed by atoms with Gasteiger partial charge in [0.05, 0.1) is 0 Å². The highest BCUT2D eigenvalue weighted by atomic mass is 16.4. The van der Waals surface area contributed by atoms with Gasteiger partial charge in [-0.15, -0.1) is 0 Å². The number of benzene rings is 2. The van der Waals surface area contributed by atoms with Crippen LogP contribution in [-0.2, 0) is 0 Å². The van der Waals surface area contributed by atoms with Gasteiger partial charge >= 0.3 is 0 Å². The zero-order valence-electron chi connectivity index (χ0n) is 11.3. The first kappa shape index (κ1) is 11.8. The number of nitrogens with one attached hydrogen (secondary N) is 1. The monoisotopic (exact) mass is 252 g/mol. The Kier molecular flexibility index (Phi) is 2.75. The average Bonchev–Trinajstić information content (AvgIpc) is 2.79. The first-order valence-electron chi connectivity index (χ1n) is 6.33. The van der Waals surface area contributed by atoms with Gasteiger partial charge in [0.1, 0.15) is 11.5 Å². The Morgan fingerprint density at radius 2 is 1.74 bits per heavy atom. The maximum absolute atomic E-state index is 5.53. The Labute approximate surface area is 112 Å². The molecule has 0 saturated heterocycles. The van der Waals surface area contributed by atoms with Crippen LogP contribution in [-0.4, -0.2) is 12.0 Å². The van der Waals surface area contributed by atoms with Crippen LogP contribution in [0.4, 0.5) is 6.01 Å². The Balaban J connectivity index is 2.14. The zero-order chi connectivity index (χ0) is 13.4. The number of aryl methyl sites for hydroxylation is 2. The van der Waals surface area contributed by atoms with Gasteiger partial charge < -0.3 is 9.73 Å². The number of oxazole rings is 1. The van der Waals surface area contributed by atoms with Gasteiger partial charge in [-0.25, -0.2) is 0 Å². The van der Waals surface area contributed by atoms with Gasteiger partial charge in [-0.3, -0.25) is 0 Å². The summed E-state index contributed by atoms with van der Waals surface area (Å²) in [5.41, 5.74) is 3.25. The molecule has 0 unspecified atom stereocenters. The van der Waals surface area contributed by atoms with Crippen molar-refractivity contribution in [2.24, 2.45) is 0 Å². The van der Waals surface area contributed by atoms with Crippen LogP contribution in [0.3, 0.4) is 0 Å². The van der Waals surface area contributed by atoms with E-state index in [1.165, 1.54) is 16.3 Å². The van der Waals surface area contributed by atoms with Gasteiger partial charge in [0.15, 0.2) is 0 Å². The van der Waals surface area contributed by atoms with Gasteiger partial charge in [0.2, 0.25) is 0 Å². The summed E-state index contributed by atoms with van der Waals surface area (Å²) in [6, 6.07) is 13.4. The van der Waals surface area contributed by atoms with Crippen molar-refractivity contribution in [3.05, 3.63) is 47.7 Å². The maximum atomic E-state index is 5.53. The SMILES string of the molecule is CNc1nc(-c2ccc3cc(C)ccc3c2)c(C)o1. The highest BCUT2D eigenvalue weighted by Gasteiger charge is 2.11. The van der Waals surface area contributed by atoms with Crippen LogP contribution in [0, 0.1) is 13.8 Å². The van der Waals surface area contributed by atoms with E-state index >= 15 is 0 Å². The molecule has 0 spiro atoms. The largest absolute Gasteiger partial charge is 0.428 e. The molecule has 0 atom stereocenters. The Hall–Kier alpha value is -2.29. The Bertz CT molecular complexity index is 744. The van der Waals surface area contributed by atoms with E-state index in [1.54, 1.807) is 7.05 Å². The molecular weight excluding hydrogens is 236 g/mol. The second kappa shape index (κ2) is 4.43. The molecule has 1 aromatic heterocycles. The lowest BCUT2D eigenvalue weighted by Gasteiger charge is -2.03. The Morgan fingerprint density at radius 1 is 1.00 bits per heavy atom. The third-order valence-electron chi connectivity index (χ3n) is 3.28. The third kappa shape index (κ3) is 2.08. The van der Waals surface area contributed by atoms with E-state index in [4.69, 9.17) is 4.42 Å². The minimum atomic E-state index is 0.552. The predicted molar refractivity (Wildman–Crippen MR) is 78.5 cm³/mol. The first-order valence-corrected chi connectivity index (χ1v) is 6.33. The minimum absolute atomic E-state index is 0.552. The molecule has 1 heterocycles. The van der Waals surface area contributed by atoms with Crippen molar-refractivity contribution in [2.45, 2.75) is 13.8 Å². The average molecular weight is 252 g/mol. The zero-order valence-corrected chi connectivity index (χ0v) is 11.3. The number of fused-ring (bicyclic) bond motifs is 1. The summed E-state index contributed by atoms with van der Waals surface area (Å²) in [6.07, 6.45) is 0. The lowest BCUT2D eigenvalue weighted by atomic mass is 10.0. The van der Waals surface area contributed by atoms with Gasteiger partial charge in [-0.2, -0.15) is 4.98 Å². The topological polar surface area (TPSA) is 38.1 Å². The molecule has 3 heteroatoms. The summed E-state index contributed by atoms with van der Waals surface area (Å²) in [6.45, 7) is 4.04. The van der Waals surface area contributed by atoms with Crippen molar-refractivity contribution in [3.8, 4) is 11.3 Å². The summed E-state index contributed by atoms with van der Waals surface area (Å²) in [7, 11) is 1.80. The molecule has 3 aromatic rings. The number of rotatable bonds is 2. The van der Waals surface area contributed by atoms with Crippen molar-refractivity contribution in [1.29, 1.82) is 0 Å². The van der Waals surface area contributed by atoms with Crippen LogP contribution >= 0.6 is 0 Å². The molecule has 3 rings (SSSR count). The van der Waals surface area contributed by atoms with E-state index in [1.807, 2.05) is 6.92 Å². The molecule has 0 amide bonds. The molecule has 2 aromatic carbocycles. The molecule has 0 aliphatic heterocycles. The van der Waals surface area contributed by atoms with E-state index in [-0.39, 0.29) is 0 Å². The van der Waals surface area contributed by atoms with E-state index in [0.29, 0.717) is 6.01 Å². The normalized spacial score (nSPS) is 10.9. The van der Waals surface area contributed by atoms with Crippen molar-refractivity contribution < 1.29 is 4.42 Å². The molecule has 0 aliphatic carbocycles. The van der Waals surface area contributed by atoms with Crippen LogP contribution < -0.4 is 5.32 Å². The third-order valence-corrected chi connectivity index (χ3v) is 3.28. The fraction of sp³-hybridized carbons (Fsp3) is 0.188. The van der Waals surface area contributed by atoms with Gasteiger partial charge in [-0.1, -0.05) is 35.9 Å². The molecule has 1 N–H and O–H groups in total. The molecule has 0 bridgehead atoms. The molecule has 0 aliphatic rings. The summed E-state index contributed by atoms with van der Waals surface area (Å²) in [4.78, 5) is 4.45. The molecule has 0 saturated carbocycles. The molecule has 19 heavy (non-hydrogen) atoms. The number of anilines is 1. The van der Waals surface area contributed by atoms with E-state index in [9.17, 15) is 0 Å². The van der Waals surface area contributed by atoms with Crippen LogP contribution in [0.15, 0.2) is 40.8 Å². The second-order valence-corrected chi connectivity index (χ2v) is 4.74. The quantitative estimate of drug-likeness (QED) is 0.744. The summed E-state index contributed by atoms with van der Waals surface area (Å²) in [5, 5.41) is 5.39. The van der Waals surface area contributed by atoms with Crippen molar-refractivity contribution in [3.63, 3.8) is 0 Å². The molecular formula is C16H16N2O. The van der Waals surface area contributed by atoms with Crippen molar-refractivity contribution in [1.82, 2.24) is 4.98 Å². The van der Waals surface area contributed by atoms with Gasteiger partial charge in [-0.05, 0) is 30.7 Å². The molecule has 0 fully saturated rings. The second-order valence-electron chi connectivity index (χ2n) is 4.74. The maximum Gasteiger partial charge on any atom is 0.295 e. The molecule has 0 radical (unpaired) electrons. The first-order chi connectivity index (χ1) is 9.17. The van der Waals surface area contributed by atoms with E-state index in [2.05, 4.69) is 53.6 Å². The summed E-state index contributed by atoms with van der Waals surface area (Å²) < 4.78 is 5.53. The standard InChI is InChI=1S/C16H16N2O/c1-10-4-5-13-9-14(7-6-12(13)8-10)15-11(2)19-16(17-3)18-15/h4-9H,1-3H3,(H,17,18). The number of nitrogens with zero attached hydrogens (tertiary/aromatic N) is 1. The minimum Gasteiger partial charge on any atom is -0.428 e. The van der Waals surface area contributed by atoms with Gasteiger partial charge in [0, 0.05) is 12.6 Å². The summed E-state index contributed by atoms with van der Waals surface area (Å²) >= 11 is 0. The predicted octanol–water partition coefficient (Wildman–Crippen LogP) is 4.15. The lowest BCUT2D eigenvalue weighted by molar-refractivity contribution is 0.544. The number of hydrogen-bond acceptors (Lipinski definition) is 3. The number of aromatic nitrogens is 1. The van der Waals surface area contributed by atoms with Crippen LogP contribution in [0.25, 0.3) is 22.0 Å². The molecule has 3 nitrogen and oxygen atoms in total. The Morgan fingerprint density at radius 3 is 2.47 bits per heavy atom. The number of hydrogen-bond donors (Lipinski definition) is 1. The fourth-order valence-corrected chi connectivity index (χ4v) is 2.28. The smallest absolute Gasteiger partial charge is 0.295 e. The van der Waals surface area contributed by atoms with E-state index < -0.39 is 0 Å². The fourth-order valence-electron chi connectivity index (χ4n) is 2.28. The van der Waals surface area contributed by atoms with Gasteiger partial charge in [0.25, 0.3) is 6.01 Å². The van der Waals surface area contributed by atoms with Crippen molar-refractivity contribution >= 4 is 16.8 Å². The van der Waals surface area contributed by atoms with Crippen LogP contribution in [0.2, 0.25) is 0 Å². The highest BCUT2D eigenvalue weighted by molar-refractivity contribution is 5.87. The van der Waals surface area contributed by atoms with Crippen LogP contribution in [0.5, 0.6) is 0 Å². The summed E-state index contributed by atoms with van der Waals surface area (Å²) in [5.74, 6) is 0.829. The highest BCUT2D eigenvalue weighted by Crippen LogP contribution is 2.28.